The van der Waals surface area contributed by atoms with E-state index < -0.39 is 9.84 Å². The number of rotatable bonds is 3. The van der Waals surface area contributed by atoms with Crippen LogP contribution in [0.1, 0.15) is 24.5 Å². The topological polar surface area (TPSA) is 91.8 Å². The number of H-pyrrole nitrogens is 1. The van der Waals surface area contributed by atoms with Gasteiger partial charge in [-0.15, -0.1) is 0 Å². The van der Waals surface area contributed by atoms with Gasteiger partial charge < -0.3 is 4.90 Å². The summed E-state index contributed by atoms with van der Waals surface area (Å²) in [7, 11) is -3.26. The Labute approximate surface area is 123 Å². The number of piperidine rings is 1. The maximum absolute atomic E-state index is 11.8. The van der Waals surface area contributed by atoms with Crippen LogP contribution < -0.4 is 4.90 Å². The number of sulfone groups is 1. The first-order valence-electron chi connectivity index (χ1n) is 6.80. The fraction of sp³-hybridized carbons (Fsp3) is 0.462. The third kappa shape index (κ3) is 2.90. The Hall–Kier alpha value is -1.96. The Morgan fingerprint density at radius 1 is 1.43 bits per heavy atom. The molecule has 2 aromatic heterocycles. The summed E-state index contributed by atoms with van der Waals surface area (Å²) in [5.74, 6) is 0.982. The lowest BCUT2D eigenvalue weighted by Crippen LogP contribution is -2.35. The highest BCUT2D eigenvalue weighted by Gasteiger charge is 2.28. The van der Waals surface area contributed by atoms with Crippen LogP contribution in [0.2, 0.25) is 0 Å². The zero-order valence-corrected chi connectivity index (χ0v) is 12.5. The molecule has 3 rings (SSSR count). The highest BCUT2D eigenvalue weighted by Crippen LogP contribution is 2.31. The van der Waals surface area contributed by atoms with E-state index in [1.165, 1.54) is 18.8 Å². The van der Waals surface area contributed by atoms with Crippen LogP contribution in [0.3, 0.4) is 0 Å². The maximum Gasteiger partial charge on any atom is 0.178 e. The van der Waals surface area contributed by atoms with Gasteiger partial charge in [-0.25, -0.2) is 18.4 Å². The first kappa shape index (κ1) is 14.0. The quantitative estimate of drug-likeness (QED) is 0.909. The van der Waals surface area contributed by atoms with Gasteiger partial charge in [0.05, 0.1) is 11.9 Å². The van der Waals surface area contributed by atoms with E-state index in [0.717, 1.165) is 31.7 Å². The van der Waals surface area contributed by atoms with Gasteiger partial charge in [0.2, 0.25) is 0 Å². The van der Waals surface area contributed by atoms with Crippen molar-refractivity contribution in [3.63, 3.8) is 0 Å². The molecule has 0 aliphatic carbocycles. The van der Waals surface area contributed by atoms with Gasteiger partial charge in [-0.3, -0.25) is 5.10 Å². The van der Waals surface area contributed by atoms with Crippen LogP contribution in [0.5, 0.6) is 0 Å². The molecule has 0 radical (unpaired) electrons. The molecule has 0 saturated carbocycles. The summed E-state index contributed by atoms with van der Waals surface area (Å²) < 4.78 is 23.6. The summed E-state index contributed by atoms with van der Waals surface area (Å²) in [5.41, 5.74) is 0.705. The number of hydrogen-bond donors (Lipinski definition) is 1. The molecule has 0 spiro atoms. The lowest BCUT2D eigenvalue weighted by Gasteiger charge is -2.33. The number of aromatic amines is 1. The van der Waals surface area contributed by atoms with Crippen LogP contribution in [0, 0.1) is 0 Å². The van der Waals surface area contributed by atoms with Crippen molar-refractivity contribution in [1.29, 1.82) is 0 Å². The zero-order valence-electron chi connectivity index (χ0n) is 11.7. The number of hydrogen-bond acceptors (Lipinski definition) is 6. The summed E-state index contributed by atoms with van der Waals surface area (Å²) in [6.07, 6.45) is 7.77. The molecule has 1 aliphatic heterocycles. The molecular formula is C13H17N5O2S. The van der Waals surface area contributed by atoms with Crippen molar-refractivity contribution in [3.8, 4) is 0 Å². The van der Waals surface area contributed by atoms with Gasteiger partial charge in [-0.2, -0.15) is 5.10 Å². The zero-order chi connectivity index (χ0) is 14.9. The van der Waals surface area contributed by atoms with Crippen LogP contribution in [0.15, 0.2) is 29.7 Å². The minimum absolute atomic E-state index is 0.112. The standard InChI is InChI=1S/C13H17N5O2S/c1-21(19,20)11-7-16-17-13(11)10-3-2-6-18(8-10)12-4-5-14-9-15-12/h4-5,7,9-10H,2-3,6,8H2,1H3,(H,16,17)/t10-/m0/s1. The molecule has 1 atom stereocenters. The molecule has 21 heavy (non-hydrogen) atoms. The maximum atomic E-state index is 11.8. The molecular weight excluding hydrogens is 290 g/mol. The molecule has 7 nitrogen and oxygen atoms in total. The van der Waals surface area contributed by atoms with Crippen molar-refractivity contribution in [2.45, 2.75) is 23.7 Å². The highest BCUT2D eigenvalue weighted by atomic mass is 32.2. The summed E-state index contributed by atoms with van der Waals surface area (Å²) in [6, 6.07) is 1.87. The van der Waals surface area contributed by atoms with E-state index in [1.54, 1.807) is 6.20 Å². The molecule has 112 valence electrons. The number of nitrogens with zero attached hydrogens (tertiary/aromatic N) is 4. The SMILES string of the molecule is CS(=O)(=O)c1cn[nH]c1[C@H]1CCCN(c2ccncn2)C1. The molecule has 1 saturated heterocycles. The van der Waals surface area contributed by atoms with Crippen molar-refractivity contribution >= 4 is 15.7 Å². The molecule has 0 aromatic carbocycles. The number of nitrogens with one attached hydrogen (secondary N) is 1. The Morgan fingerprint density at radius 2 is 2.29 bits per heavy atom. The average molecular weight is 307 g/mol. The van der Waals surface area contributed by atoms with Crippen molar-refractivity contribution < 1.29 is 8.42 Å². The van der Waals surface area contributed by atoms with Gasteiger partial charge in [0.25, 0.3) is 0 Å². The third-order valence-corrected chi connectivity index (χ3v) is 4.88. The average Bonchev–Trinajstić information content (AvgIpc) is 2.98. The first-order valence-corrected chi connectivity index (χ1v) is 8.69. The van der Waals surface area contributed by atoms with Gasteiger partial charge in [0.15, 0.2) is 9.84 Å². The van der Waals surface area contributed by atoms with Crippen LogP contribution in [-0.4, -0.2) is 47.9 Å². The molecule has 1 N–H and O–H groups in total. The highest BCUT2D eigenvalue weighted by molar-refractivity contribution is 7.90. The van der Waals surface area contributed by atoms with E-state index in [9.17, 15) is 8.42 Å². The largest absolute Gasteiger partial charge is 0.356 e. The van der Waals surface area contributed by atoms with E-state index >= 15 is 0 Å². The molecule has 0 unspecified atom stereocenters. The second-order valence-corrected chi connectivity index (χ2v) is 7.26. The van der Waals surface area contributed by atoms with Gasteiger partial charge >= 0.3 is 0 Å². The van der Waals surface area contributed by atoms with E-state index in [2.05, 4.69) is 25.1 Å². The van der Waals surface area contributed by atoms with Crippen LogP contribution in [-0.2, 0) is 9.84 Å². The number of aromatic nitrogens is 4. The molecule has 3 heterocycles. The van der Waals surface area contributed by atoms with Crippen molar-refractivity contribution in [2.75, 3.05) is 24.2 Å². The van der Waals surface area contributed by atoms with Gasteiger partial charge in [0, 0.05) is 31.5 Å². The monoisotopic (exact) mass is 307 g/mol. The van der Waals surface area contributed by atoms with E-state index in [4.69, 9.17) is 0 Å². The molecule has 1 fully saturated rings. The van der Waals surface area contributed by atoms with E-state index in [-0.39, 0.29) is 5.92 Å². The molecule has 8 heteroatoms. The summed E-state index contributed by atoms with van der Waals surface area (Å²) >= 11 is 0. The first-order chi connectivity index (χ1) is 10.1. The number of anilines is 1. The van der Waals surface area contributed by atoms with Crippen molar-refractivity contribution in [3.05, 3.63) is 30.5 Å². The minimum Gasteiger partial charge on any atom is -0.356 e. The minimum atomic E-state index is -3.26. The van der Waals surface area contributed by atoms with E-state index in [1.807, 2.05) is 6.07 Å². The van der Waals surface area contributed by atoms with Crippen molar-refractivity contribution in [1.82, 2.24) is 20.2 Å². The van der Waals surface area contributed by atoms with Crippen LogP contribution in [0.25, 0.3) is 0 Å². The molecule has 0 bridgehead atoms. The summed E-state index contributed by atoms with van der Waals surface area (Å²) in [5, 5.41) is 6.78. The van der Waals surface area contributed by atoms with Gasteiger partial charge in [-0.1, -0.05) is 0 Å². The van der Waals surface area contributed by atoms with Gasteiger partial charge in [0.1, 0.15) is 17.0 Å². The summed E-state index contributed by atoms with van der Waals surface area (Å²) in [4.78, 5) is 10.6. The fourth-order valence-corrected chi connectivity index (χ4v) is 3.62. The van der Waals surface area contributed by atoms with Crippen LogP contribution in [0.4, 0.5) is 5.82 Å². The lowest BCUT2D eigenvalue weighted by molar-refractivity contribution is 0.491. The molecule has 0 amide bonds. The van der Waals surface area contributed by atoms with Gasteiger partial charge in [-0.05, 0) is 18.9 Å². The Morgan fingerprint density at radius 3 is 3.00 bits per heavy atom. The second kappa shape index (κ2) is 5.44. The third-order valence-electron chi connectivity index (χ3n) is 3.75. The van der Waals surface area contributed by atoms with Crippen LogP contribution >= 0.6 is 0 Å². The normalized spacial score (nSPS) is 19.7. The fourth-order valence-electron chi connectivity index (χ4n) is 2.76. The van der Waals surface area contributed by atoms with E-state index in [0.29, 0.717) is 10.6 Å². The summed E-state index contributed by atoms with van der Waals surface area (Å²) in [6.45, 7) is 1.64. The Bertz CT molecular complexity index is 713. The lowest BCUT2D eigenvalue weighted by atomic mass is 9.95. The predicted molar refractivity (Wildman–Crippen MR) is 77.9 cm³/mol. The Balaban J connectivity index is 1.86. The smallest absolute Gasteiger partial charge is 0.178 e. The second-order valence-electron chi connectivity index (χ2n) is 5.27. The van der Waals surface area contributed by atoms with Crippen molar-refractivity contribution in [2.24, 2.45) is 0 Å². The Kier molecular flexibility index (Phi) is 3.62. The molecule has 2 aromatic rings. The molecule has 1 aliphatic rings. The predicted octanol–water partition coefficient (Wildman–Crippen LogP) is 0.987.